The molecule has 1 aromatic carbocycles. The van der Waals surface area contributed by atoms with Crippen LogP contribution in [0.4, 0.5) is 0 Å². The van der Waals surface area contributed by atoms with E-state index in [4.69, 9.17) is 0 Å². The van der Waals surface area contributed by atoms with Crippen molar-refractivity contribution in [3.8, 4) is 0 Å². The van der Waals surface area contributed by atoms with E-state index < -0.39 is 0 Å². The Morgan fingerprint density at radius 2 is 2.10 bits per heavy atom. The normalized spacial score (nSPS) is 28.9. The van der Waals surface area contributed by atoms with E-state index >= 15 is 0 Å². The lowest BCUT2D eigenvalue weighted by molar-refractivity contribution is -0.121. The van der Waals surface area contributed by atoms with E-state index in [9.17, 15) is 9.90 Å². The molecule has 2 N–H and O–H groups in total. The number of carbonyl (C=O) groups is 1. The zero-order chi connectivity index (χ0) is 13.9. The van der Waals surface area contributed by atoms with Crippen molar-refractivity contribution in [3.63, 3.8) is 0 Å². The molecule has 0 radical (unpaired) electrons. The van der Waals surface area contributed by atoms with Crippen LogP contribution in [0.1, 0.15) is 31.2 Å². The van der Waals surface area contributed by atoms with Gasteiger partial charge in [0.25, 0.3) is 0 Å². The van der Waals surface area contributed by atoms with Crippen molar-refractivity contribution in [2.24, 2.45) is 5.92 Å². The first-order valence-corrected chi connectivity index (χ1v) is 8.31. The van der Waals surface area contributed by atoms with Crippen LogP contribution in [0.2, 0.25) is 0 Å². The molecule has 3 atom stereocenters. The van der Waals surface area contributed by atoms with Gasteiger partial charge in [-0.1, -0.05) is 31.0 Å². The number of carbonyl (C=O) groups excluding carboxylic acids is 1. The van der Waals surface area contributed by atoms with Gasteiger partial charge in [-0.05, 0) is 30.9 Å². The third-order valence-corrected chi connectivity index (χ3v) is 5.73. The molecule has 1 heterocycles. The van der Waals surface area contributed by atoms with E-state index in [1.165, 1.54) is 16.9 Å². The van der Waals surface area contributed by atoms with Crippen LogP contribution >= 0.6 is 11.8 Å². The van der Waals surface area contributed by atoms with Crippen LogP contribution in [0.15, 0.2) is 29.2 Å². The van der Waals surface area contributed by atoms with Crippen molar-refractivity contribution in [2.75, 3.05) is 6.61 Å². The van der Waals surface area contributed by atoms with E-state index in [1.54, 1.807) is 11.8 Å². The maximum Gasteiger partial charge on any atom is 0.234 e. The molecule has 1 fully saturated rings. The number of amides is 1. The maximum absolute atomic E-state index is 12.4. The molecular weight excluding hydrogens is 270 g/mol. The van der Waals surface area contributed by atoms with Crippen LogP contribution in [-0.2, 0) is 11.2 Å². The number of benzene rings is 1. The lowest BCUT2D eigenvalue weighted by atomic mass is 9.85. The van der Waals surface area contributed by atoms with Crippen LogP contribution in [0.25, 0.3) is 0 Å². The summed E-state index contributed by atoms with van der Waals surface area (Å²) in [5, 5.41) is 12.6. The largest absolute Gasteiger partial charge is 0.396 e. The molecule has 20 heavy (non-hydrogen) atoms. The Morgan fingerprint density at radius 1 is 1.30 bits per heavy atom. The molecule has 0 bridgehead atoms. The first kappa shape index (κ1) is 14.0. The van der Waals surface area contributed by atoms with Gasteiger partial charge in [-0.25, -0.2) is 0 Å². The number of hydrogen-bond donors (Lipinski definition) is 2. The second-order valence-corrected chi connectivity index (χ2v) is 7.01. The monoisotopic (exact) mass is 291 g/mol. The molecule has 0 aromatic heterocycles. The third kappa shape index (κ3) is 2.86. The SMILES string of the molecule is O=C(NC1CCCCC1CO)C1Cc2ccccc2S1. The smallest absolute Gasteiger partial charge is 0.234 e. The first-order chi connectivity index (χ1) is 9.78. The summed E-state index contributed by atoms with van der Waals surface area (Å²) in [7, 11) is 0. The second-order valence-electron chi connectivity index (χ2n) is 5.76. The Hall–Kier alpha value is -1.00. The highest BCUT2D eigenvalue weighted by Crippen LogP contribution is 2.37. The molecule has 1 aliphatic carbocycles. The van der Waals surface area contributed by atoms with Gasteiger partial charge in [0, 0.05) is 23.5 Å². The van der Waals surface area contributed by atoms with Crippen LogP contribution in [0.3, 0.4) is 0 Å². The molecule has 3 nitrogen and oxygen atoms in total. The molecule has 4 heteroatoms. The molecule has 108 valence electrons. The minimum absolute atomic E-state index is 0.00586. The Balaban J connectivity index is 1.60. The topological polar surface area (TPSA) is 49.3 Å². The number of rotatable bonds is 3. The maximum atomic E-state index is 12.4. The highest BCUT2D eigenvalue weighted by atomic mass is 32.2. The van der Waals surface area contributed by atoms with Crippen LogP contribution in [0, 0.1) is 5.92 Å². The van der Waals surface area contributed by atoms with Gasteiger partial charge in [0.05, 0.1) is 5.25 Å². The number of thioether (sulfide) groups is 1. The zero-order valence-corrected chi connectivity index (χ0v) is 12.4. The van der Waals surface area contributed by atoms with Crippen molar-refractivity contribution < 1.29 is 9.90 Å². The minimum Gasteiger partial charge on any atom is -0.396 e. The summed E-state index contributed by atoms with van der Waals surface area (Å²) in [4.78, 5) is 13.7. The van der Waals surface area contributed by atoms with E-state index in [0.29, 0.717) is 0 Å². The molecule has 3 unspecified atom stereocenters. The van der Waals surface area contributed by atoms with E-state index in [2.05, 4.69) is 17.4 Å². The van der Waals surface area contributed by atoms with Crippen molar-refractivity contribution in [1.82, 2.24) is 5.32 Å². The number of aliphatic hydroxyl groups is 1. The van der Waals surface area contributed by atoms with Gasteiger partial charge in [0.1, 0.15) is 0 Å². The number of hydrogen-bond acceptors (Lipinski definition) is 3. The van der Waals surface area contributed by atoms with E-state index in [1.807, 2.05) is 12.1 Å². The van der Waals surface area contributed by atoms with Crippen LogP contribution in [-0.4, -0.2) is 28.9 Å². The van der Waals surface area contributed by atoms with Gasteiger partial charge < -0.3 is 10.4 Å². The summed E-state index contributed by atoms with van der Waals surface area (Å²) < 4.78 is 0. The highest BCUT2D eigenvalue weighted by molar-refractivity contribution is 8.01. The first-order valence-electron chi connectivity index (χ1n) is 7.43. The van der Waals surface area contributed by atoms with Gasteiger partial charge in [-0.2, -0.15) is 0 Å². The molecular formula is C16H21NO2S. The molecule has 0 spiro atoms. The molecule has 0 saturated heterocycles. The zero-order valence-electron chi connectivity index (χ0n) is 11.5. The summed E-state index contributed by atoms with van der Waals surface area (Å²) in [6.45, 7) is 0.184. The predicted octanol–water partition coefficient (Wildman–Crippen LogP) is 2.37. The fraction of sp³-hybridized carbons (Fsp3) is 0.562. The number of nitrogens with one attached hydrogen (secondary N) is 1. The lowest BCUT2D eigenvalue weighted by Gasteiger charge is -2.31. The predicted molar refractivity (Wildman–Crippen MR) is 80.8 cm³/mol. The van der Waals surface area contributed by atoms with Crippen molar-refractivity contribution >= 4 is 17.7 Å². The standard InChI is InChI=1S/C16H21NO2S/c18-10-12-6-1-3-7-13(12)17-16(19)15-9-11-5-2-4-8-14(11)20-15/h2,4-5,8,12-13,15,18H,1,3,6-7,9-10H2,(H,17,19). The van der Waals surface area contributed by atoms with Gasteiger partial charge >= 0.3 is 0 Å². The average molecular weight is 291 g/mol. The fourth-order valence-electron chi connectivity index (χ4n) is 3.22. The van der Waals surface area contributed by atoms with Crippen molar-refractivity contribution in [3.05, 3.63) is 29.8 Å². The van der Waals surface area contributed by atoms with Gasteiger partial charge in [0.15, 0.2) is 0 Å². The molecule has 1 aliphatic heterocycles. The molecule has 1 saturated carbocycles. The highest BCUT2D eigenvalue weighted by Gasteiger charge is 2.32. The Kier molecular flexibility index (Phi) is 4.32. The summed E-state index contributed by atoms with van der Waals surface area (Å²) in [5.41, 5.74) is 1.28. The van der Waals surface area contributed by atoms with Gasteiger partial charge in [-0.15, -0.1) is 11.8 Å². The summed E-state index contributed by atoms with van der Waals surface area (Å²) in [5.74, 6) is 0.373. The molecule has 1 amide bonds. The quantitative estimate of drug-likeness (QED) is 0.899. The van der Waals surface area contributed by atoms with Gasteiger partial charge in [-0.3, -0.25) is 4.79 Å². The fourth-order valence-corrected chi connectivity index (χ4v) is 4.42. The van der Waals surface area contributed by atoms with Crippen molar-refractivity contribution in [2.45, 2.75) is 48.3 Å². The van der Waals surface area contributed by atoms with Crippen LogP contribution < -0.4 is 5.32 Å². The number of aliphatic hydroxyl groups excluding tert-OH is 1. The summed E-state index contributed by atoms with van der Waals surface area (Å²) >= 11 is 1.67. The van der Waals surface area contributed by atoms with Crippen LogP contribution in [0.5, 0.6) is 0 Å². The third-order valence-electron chi connectivity index (χ3n) is 4.41. The summed E-state index contributed by atoms with van der Waals surface area (Å²) in [6, 6.07) is 8.40. The van der Waals surface area contributed by atoms with Crippen molar-refractivity contribution in [1.29, 1.82) is 0 Å². The van der Waals surface area contributed by atoms with E-state index in [0.717, 1.165) is 25.7 Å². The second kappa shape index (κ2) is 6.19. The number of fused-ring (bicyclic) bond motifs is 1. The molecule has 1 aromatic rings. The van der Waals surface area contributed by atoms with Gasteiger partial charge in [0.2, 0.25) is 5.91 Å². The Labute approximate surface area is 124 Å². The average Bonchev–Trinajstić information content (AvgIpc) is 2.92. The molecule has 2 aliphatic rings. The molecule has 3 rings (SSSR count). The minimum atomic E-state index is -0.00586. The Bertz CT molecular complexity index is 466. The summed E-state index contributed by atoms with van der Waals surface area (Å²) in [6.07, 6.45) is 5.17. The Morgan fingerprint density at radius 3 is 2.90 bits per heavy atom. The lowest BCUT2D eigenvalue weighted by Crippen LogP contribution is -2.46. The van der Waals surface area contributed by atoms with E-state index in [-0.39, 0.29) is 29.7 Å².